The Morgan fingerprint density at radius 3 is 3.11 bits per heavy atom. The first-order chi connectivity index (χ1) is 8.86. The third kappa shape index (κ3) is 2.29. The van der Waals surface area contributed by atoms with Crippen LogP contribution in [0.3, 0.4) is 0 Å². The number of hydrogen-bond donors (Lipinski definition) is 1. The zero-order valence-corrected chi connectivity index (χ0v) is 10.7. The summed E-state index contributed by atoms with van der Waals surface area (Å²) in [6.07, 6.45) is 7.03. The molecule has 0 bridgehead atoms. The van der Waals surface area contributed by atoms with Gasteiger partial charge in [0.05, 0.1) is 12.7 Å². The molecule has 1 fully saturated rings. The first-order valence-corrected chi connectivity index (χ1v) is 7.06. The van der Waals surface area contributed by atoms with Gasteiger partial charge in [-0.1, -0.05) is 6.07 Å². The lowest BCUT2D eigenvalue weighted by atomic mass is 9.78. The minimum Gasteiger partial charge on any atom is -0.392 e. The van der Waals surface area contributed by atoms with Crippen LogP contribution in [0.2, 0.25) is 0 Å². The van der Waals surface area contributed by atoms with Crippen molar-refractivity contribution >= 4 is 0 Å². The Bertz CT molecular complexity index is 401. The second kappa shape index (κ2) is 5.37. The van der Waals surface area contributed by atoms with Gasteiger partial charge in [-0.25, -0.2) is 0 Å². The van der Waals surface area contributed by atoms with Gasteiger partial charge in [-0.15, -0.1) is 0 Å². The molecule has 0 radical (unpaired) electrons. The number of aliphatic hydroxyl groups excluding tert-OH is 1. The van der Waals surface area contributed by atoms with E-state index in [1.54, 1.807) is 0 Å². The second-order valence-corrected chi connectivity index (χ2v) is 5.51. The molecule has 2 aliphatic rings. The summed E-state index contributed by atoms with van der Waals surface area (Å²) in [6, 6.07) is 4.15. The first-order valence-electron chi connectivity index (χ1n) is 7.06. The van der Waals surface area contributed by atoms with E-state index in [2.05, 4.69) is 11.1 Å². The fraction of sp³-hybridized carbons (Fsp3) is 0.667. The molecule has 1 aromatic heterocycles. The molecular formula is C15H21NO2. The second-order valence-electron chi connectivity index (χ2n) is 5.51. The maximum atomic E-state index is 10.6. The molecule has 3 atom stereocenters. The van der Waals surface area contributed by atoms with Crippen LogP contribution in [0.4, 0.5) is 0 Å². The molecule has 1 aromatic rings. The normalized spacial score (nSPS) is 29.6. The zero-order valence-electron chi connectivity index (χ0n) is 10.7. The molecule has 1 aliphatic carbocycles. The summed E-state index contributed by atoms with van der Waals surface area (Å²) in [7, 11) is 0. The molecule has 3 nitrogen and oxygen atoms in total. The maximum Gasteiger partial charge on any atom is 0.0674 e. The molecule has 0 saturated carbocycles. The van der Waals surface area contributed by atoms with E-state index in [0.29, 0.717) is 6.61 Å². The molecule has 98 valence electrons. The highest BCUT2D eigenvalue weighted by atomic mass is 16.5. The van der Waals surface area contributed by atoms with Gasteiger partial charge in [0.2, 0.25) is 0 Å². The van der Waals surface area contributed by atoms with Crippen LogP contribution in [0.5, 0.6) is 0 Å². The van der Waals surface area contributed by atoms with Crippen molar-refractivity contribution < 1.29 is 9.84 Å². The number of aromatic nitrogens is 1. The Hall–Kier alpha value is -0.930. The van der Waals surface area contributed by atoms with Crippen molar-refractivity contribution in [3.63, 3.8) is 0 Å². The number of pyridine rings is 1. The maximum absolute atomic E-state index is 10.6. The van der Waals surface area contributed by atoms with Crippen LogP contribution >= 0.6 is 0 Å². The standard InChI is InChI=1S/C15H21NO2/c17-15(12-6-3-9-18-10-12)13-7-1-4-11-5-2-8-16-14(11)13/h2,5,8,12-13,15,17H,1,3-4,6-7,9-10H2. The predicted molar refractivity (Wildman–Crippen MR) is 69.5 cm³/mol. The number of rotatable bonds is 2. The monoisotopic (exact) mass is 247 g/mol. The lowest BCUT2D eigenvalue weighted by molar-refractivity contribution is -0.0222. The highest BCUT2D eigenvalue weighted by Crippen LogP contribution is 2.36. The molecule has 3 rings (SSSR count). The van der Waals surface area contributed by atoms with Crippen molar-refractivity contribution in [2.24, 2.45) is 5.92 Å². The number of ether oxygens (including phenoxy) is 1. The van der Waals surface area contributed by atoms with Crippen LogP contribution in [0.1, 0.15) is 42.9 Å². The third-order valence-electron chi connectivity index (χ3n) is 4.33. The van der Waals surface area contributed by atoms with Gasteiger partial charge in [-0.2, -0.15) is 0 Å². The molecule has 3 heteroatoms. The van der Waals surface area contributed by atoms with Crippen LogP contribution in [-0.2, 0) is 11.2 Å². The Morgan fingerprint density at radius 2 is 2.28 bits per heavy atom. The van der Waals surface area contributed by atoms with Crippen molar-refractivity contribution in [1.29, 1.82) is 0 Å². The Balaban J connectivity index is 1.80. The molecule has 18 heavy (non-hydrogen) atoms. The summed E-state index contributed by atoms with van der Waals surface area (Å²) in [4.78, 5) is 4.52. The van der Waals surface area contributed by atoms with E-state index in [4.69, 9.17) is 4.74 Å². The average molecular weight is 247 g/mol. The quantitative estimate of drug-likeness (QED) is 0.872. The minimum atomic E-state index is -0.292. The highest BCUT2D eigenvalue weighted by molar-refractivity contribution is 5.27. The largest absolute Gasteiger partial charge is 0.392 e. The molecule has 1 aliphatic heterocycles. The van der Waals surface area contributed by atoms with Crippen molar-refractivity contribution in [1.82, 2.24) is 4.98 Å². The fourth-order valence-corrected chi connectivity index (χ4v) is 3.34. The molecule has 3 unspecified atom stereocenters. The van der Waals surface area contributed by atoms with Crippen LogP contribution in [0.25, 0.3) is 0 Å². The van der Waals surface area contributed by atoms with Gasteiger partial charge in [0.1, 0.15) is 0 Å². The van der Waals surface area contributed by atoms with Crippen LogP contribution < -0.4 is 0 Å². The van der Waals surface area contributed by atoms with E-state index in [1.807, 2.05) is 12.3 Å². The molecule has 1 N–H and O–H groups in total. The van der Waals surface area contributed by atoms with E-state index >= 15 is 0 Å². The van der Waals surface area contributed by atoms with Crippen molar-refractivity contribution in [3.8, 4) is 0 Å². The van der Waals surface area contributed by atoms with E-state index in [1.165, 1.54) is 5.56 Å². The summed E-state index contributed by atoms with van der Waals surface area (Å²) in [5.74, 6) is 0.498. The minimum absolute atomic E-state index is 0.210. The fourth-order valence-electron chi connectivity index (χ4n) is 3.34. The lowest BCUT2D eigenvalue weighted by Crippen LogP contribution is -2.35. The molecule has 0 amide bonds. The number of aliphatic hydroxyl groups is 1. The number of nitrogens with zero attached hydrogens (tertiary/aromatic N) is 1. The SMILES string of the molecule is OC(C1CCCOC1)C1CCCc2cccnc21. The smallest absolute Gasteiger partial charge is 0.0674 e. The number of hydrogen-bond acceptors (Lipinski definition) is 3. The molecule has 0 aromatic carbocycles. The Morgan fingerprint density at radius 1 is 1.33 bits per heavy atom. The molecule has 1 saturated heterocycles. The lowest BCUT2D eigenvalue weighted by Gasteiger charge is -2.34. The van der Waals surface area contributed by atoms with Crippen LogP contribution in [-0.4, -0.2) is 29.4 Å². The van der Waals surface area contributed by atoms with E-state index < -0.39 is 0 Å². The third-order valence-corrected chi connectivity index (χ3v) is 4.33. The van der Waals surface area contributed by atoms with Crippen molar-refractivity contribution in [3.05, 3.63) is 29.6 Å². The topological polar surface area (TPSA) is 42.4 Å². The molecule has 0 spiro atoms. The van der Waals surface area contributed by atoms with Gasteiger partial charge in [-0.3, -0.25) is 4.98 Å². The van der Waals surface area contributed by atoms with Gasteiger partial charge in [0.15, 0.2) is 0 Å². The average Bonchev–Trinajstić information content (AvgIpc) is 2.47. The summed E-state index contributed by atoms with van der Waals surface area (Å²) in [5, 5.41) is 10.6. The Kier molecular flexibility index (Phi) is 3.62. The van der Waals surface area contributed by atoms with Gasteiger partial charge < -0.3 is 9.84 Å². The number of fused-ring (bicyclic) bond motifs is 1. The summed E-state index contributed by atoms with van der Waals surface area (Å²) >= 11 is 0. The van der Waals surface area contributed by atoms with Gasteiger partial charge in [0, 0.05) is 30.3 Å². The van der Waals surface area contributed by atoms with Crippen LogP contribution in [0.15, 0.2) is 18.3 Å². The van der Waals surface area contributed by atoms with E-state index in [-0.39, 0.29) is 17.9 Å². The van der Waals surface area contributed by atoms with E-state index in [9.17, 15) is 5.11 Å². The summed E-state index contributed by atoms with van der Waals surface area (Å²) in [5.41, 5.74) is 2.45. The number of aryl methyl sites for hydroxylation is 1. The molecule has 2 heterocycles. The van der Waals surface area contributed by atoms with Gasteiger partial charge >= 0.3 is 0 Å². The summed E-state index contributed by atoms with van der Waals surface area (Å²) in [6.45, 7) is 1.56. The van der Waals surface area contributed by atoms with Gasteiger partial charge in [-0.05, 0) is 43.7 Å². The van der Waals surface area contributed by atoms with Crippen LogP contribution in [0, 0.1) is 5.92 Å². The van der Waals surface area contributed by atoms with E-state index in [0.717, 1.165) is 44.4 Å². The highest BCUT2D eigenvalue weighted by Gasteiger charge is 2.33. The van der Waals surface area contributed by atoms with Crippen molar-refractivity contribution in [2.45, 2.75) is 44.1 Å². The van der Waals surface area contributed by atoms with Crippen molar-refractivity contribution in [2.75, 3.05) is 13.2 Å². The predicted octanol–water partition coefficient (Wildman–Crippen LogP) is 2.29. The summed E-state index contributed by atoms with van der Waals surface area (Å²) < 4.78 is 5.50. The van der Waals surface area contributed by atoms with Gasteiger partial charge in [0.25, 0.3) is 0 Å². The Labute approximate surface area is 108 Å². The molecular weight excluding hydrogens is 226 g/mol. The zero-order chi connectivity index (χ0) is 12.4. The first kappa shape index (κ1) is 12.1.